The van der Waals surface area contributed by atoms with Crippen LogP contribution in [-0.2, 0) is 0 Å². The highest BCUT2D eigenvalue weighted by Gasteiger charge is 2.19. The molecule has 2 heterocycles. The lowest BCUT2D eigenvalue weighted by molar-refractivity contribution is 0.0690. The van der Waals surface area contributed by atoms with Crippen LogP contribution in [0.3, 0.4) is 0 Å². The Kier molecular flexibility index (Phi) is 2.95. The highest BCUT2D eigenvalue weighted by atomic mass is 35.5. The first-order chi connectivity index (χ1) is 9.56. The fourth-order valence-electron chi connectivity index (χ4n) is 2.22. The van der Waals surface area contributed by atoms with Crippen molar-refractivity contribution in [1.82, 2.24) is 9.38 Å². The van der Waals surface area contributed by atoms with Crippen molar-refractivity contribution in [3.8, 4) is 11.3 Å². The van der Waals surface area contributed by atoms with E-state index in [9.17, 15) is 9.90 Å². The van der Waals surface area contributed by atoms with Gasteiger partial charge in [0.2, 0.25) is 0 Å². The second-order valence-corrected chi connectivity index (χ2v) is 4.99. The molecule has 0 saturated heterocycles. The van der Waals surface area contributed by atoms with E-state index in [0.717, 1.165) is 11.1 Å². The molecule has 0 saturated carbocycles. The lowest BCUT2D eigenvalue weighted by Crippen LogP contribution is -2.03. The molecule has 0 fully saturated rings. The van der Waals surface area contributed by atoms with E-state index >= 15 is 0 Å². The normalized spacial score (nSPS) is 10.9. The molecule has 0 bridgehead atoms. The monoisotopic (exact) mass is 286 g/mol. The molecule has 0 aliphatic carbocycles. The van der Waals surface area contributed by atoms with Gasteiger partial charge in [-0.2, -0.15) is 0 Å². The van der Waals surface area contributed by atoms with Crippen LogP contribution in [0.1, 0.15) is 16.1 Å². The second-order valence-electron chi connectivity index (χ2n) is 4.56. The summed E-state index contributed by atoms with van der Waals surface area (Å²) >= 11 is 5.93. The van der Waals surface area contributed by atoms with Crippen molar-refractivity contribution in [3.63, 3.8) is 0 Å². The van der Waals surface area contributed by atoms with Gasteiger partial charge in [-0.1, -0.05) is 35.4 Å². The van der Waals surface area contributed by atoms with Crippen LogP contribution in [-0.4, -0.2) is 20.5 Å². The topological polar surface area (TPSA) is 54.6 Å². The van der Waals surface area contributed by atoms with E-state index in [-0.39, 0.29) is 5.69 Å². The molecule has 100 valence electrons. The number of carboxylic acids is 1. The molecule has 1 aromatic carbocycles. The van der Waals surface area contributed by atoms with Crippen LogP contribution in [0, 0.1) is 6.92 Å². The molecule has 0 aliphatic heterocycles. The van der Waals surface area contributed by atoms with Gasteiger partial charge in [-0.15, -0.1) is 0 Å². The van der Waals surface area contributed by atoms with Gasteiger partial charge in [-0.3, -0.25) is 4.40 Å². The molecule has 4 nitrogen and oxygen atoms in total. The Balaban J connectivity index is 2.35. The van der Waals surface area contributed by atoms with Gasteiger partial charge in [-0.05, 0) is 19.1 Å². The Hall–Kier alpha value is -2.33. The van der Waals surface area contributed by atoms with E-state index in [1.807, 2.05) is 31.2 Å². The van der Waals surface area contributed by atoms with E-state index in [2.05, 4.69) is 4.98 Å². The largest absolute Gasteiger partial charge is 0.476 e. The molecular weight excluding hydrogens is 276 g/mol. The number of imidazole rings is 1. The molecule has 0 unspecified atom stereocenters. The first-order valence-electron chi connectivity index (χ1n) is 6.04. The molecule has 0 aliphatic rings. The van der Waals surface area contributed by atoms with Crippen LogP contribution in [0.15, 0.2) is 42.6 Å². The van der Waals surface area contributed by atoms with Gasteiger partial charge < -0.3 is 5.11 Å². The Morgan fingerprint density at radius 2 is 2.10 bits per heavy atom. The number of nitrogens with zero attached hydrogens (tertiary/aromatic N) is 2. The third-order valence-electron chi connectivity index (χ3n) is 3.08. The second kappa shape index (κ2) is 4.65. The van der Waals surface area contributed by atoms with Crippen molar-refractivity contribution >= 4 is 23.2 Å². The van der Waals surface area contributed by atoms with E-state index in [0.29, 0.717) is 16.4 Å². The number of pyridine rings is 1. The number of fused-ring (bicyclic) bond motifs is 1. The minimum Gasteiger partial charge on any atom is -0.476 e. The lowest BCUT2D eigenvalue weighted by Gasteiger charge is -2.01. The standard InChI is InChI=1S/C15H11ClN2O2/c1-9-3-2-4-10(7-9)13-14(15(19)20)18-6-5-11(16)8-12(18)17-13/h2-8H,1H3,(H,19,20). The Morgan fingerprint density at radius 1 is 1.30 bits per heavy atom. The van der Waals surface area contributed by atoms with Gasteiger partial charge in [0, 0.05) is 22.8 Å². The molecule has 2 aromatic heterocycles. The summed E-state index contributed by atoms with van der Waals surface area (Å²) in [7, 11) is 0. The van der Waals surface area contributed by atoms with Crippen molar-refractivity contribution in [3.05, 3.63) is 58.9 Å². The molecule has 3 rings (SSSR count). The average molecular weight is 287 g/mol. The average Bonchev–Trinajstić information content (AvgIpc) is 2.77. The van der Waals surface area contributed by atoms with Crippen LogP contribution < -0.4 is 0 Å². The van der Waals surface area contributed by atoms with Crippen LogP contribution in [0.5, 0.6) is 0 Å². The van der Waals surface area contributed by atoms with Crippen LogP contribution >= 0.6 is 11.6 Å². The Morgan fingerprint density at radius 3 is 2.80 bits per heavy atom. The zero-order valence-electron chi connectivity index (χ0n) is 10.7. The minimum absolute atomic E-state index is 0.141. The maximum atomic E-state index is 11.5. The van der Waals surface area contributed by atoms with Crippen LogP contribution in [0.25, 0.3) is 16.9 Å². The number of rotatable bonds is 2. The van der Waals surface area contributed by atoms with E-state index in [1.54, 1.807) is 18.3 Å². The first-order valence-corrected chi connectivity index (χ1v) is 6.42. The van der Waals surface area contributed by atoms with E-state index in [1.165, 1.54) is 4.40 Å². The SMILES string of the molecule is Cc1cccc(-c2nc3cc(Cl)ccn3c2C(=O)O)c1. The fraction of sp³-hybridized carbons (Fsp3) is 0.0667. The predicted octanol–water partition coefficient (Wildman–Crippen LogP) is 3.66. The zero-order valence-corrected chi connectivity index (χ0v) is 11.4. The summed E-state index contributed by atoms with van der Waals surface area (Å²) in [6.45, 7) is 1.95. The van der Waals surface area contributed by atoms with Crippen molar-refractivity contribution in [2.45, 2.75) is 6.92 Å². The van der Waals surface area contributed by atoms with Crippen molar-refractivity contribution in [2.24, 2.45) is 0 Å². The summed E-state index contributed by atoms with van der Waals surface area (Å²) in [6.07, 6.45) is 1.62. The predicted molar refractivity (Wildman–Crippen MR) is 77.3 cm³/mol. The number of aromatic nitrogens is 2. The van der Waals surface area contributed by atoms with Gasteiger partial charge in [-0.25, -0.2) is 9.78 Å². The van der Waals surface area contributed by atoms with Crippen molar-refractivity contribution in [2.75, 3.05) is 0 Å². The first kappa shape index (κ1) is 12.7. The number of aromatic carboxylic acids is 1. The Bertz CT molecular complexity index is 824. The van der Waals surface area contributed by atoms with Gasteiger partial charge in [0.05, 0.1) is 0 Å². The third-order valence-corrected chi connectivity index (χ3v) is 3.32. The van der Waals surface area contributed by atoms with Gasteiger partial charge in [0.1, 0.15) is 11.3 Å². The maximum absolute atomic E-state index is 11.5. The molecule has 0 atom stereocenters. The number of hydrogen-bond donors (Lipinski definition) is 1. The zero-order chi connectivity index (χ0) is 14.3. The molecule has 20 heavy (non-hydrogen) atoms. The van der Waals surface area contributed by atoms with Crippen molar-refractivity contribution < 1.29 is 9.90 Å². The smallest absolute Gasteiger partial charge is 0.355 e. The molecule has 1 N–H and O–H groups in total. The Labute approximate surface area is 120 Å². The number of carboxylic acid groups (broad SMARTS) is 1. The molecule has 3 aromatic rings. The third kappa shape index (κ3) is 2.04. The summed E-state index contributed by atoms with van der Waals surface area (Å²) in [4.78, 5) is 16.0. The van der Waals surface area contributed by atoms with Crippen LogP contribution in [0.4, 0.5) is 0 Å². The summed E-state index contributed by atoms with van der Waals surface area (Å²) < 4.78 is 1.53. The number of carbonyl (C=O) groups is 1. The number of aryl methyl sites for hydroxylation is 1. The summed E-state index contributed by atoms with van der Waals surface area (Å²) in [6, 6.07) is 10.9. The molecule has 0 spiro atoms. The molecule has 0 amide bonds. The molecule has 0 radical (unpaired) electrons. The lowest BCUT2D eigenvalue weighted by atomic mass is 10.1. The molecule has 5 heteroatoms. The maximum Gasteiger partial charge on any atom is 0.355 e. The quantitative estimate of drug-likeness (QED) is 0.782. The van der Waals surface area contributed by atoms with Gasteiger partial charge >= 0.3 is 5.97 Å². The number of halogens is 1. The number of hydrogen-bond acceptors (Lipinski definition) is 2. The summed E-state index contributed by atoms with van der Waals surface area (Å²) in [5, 5.41) is 9.98. The fourth-order valence-corrected chi connectivity index (χ4v) is 2.37. The van der Waals surface area contributed by atoms with Crippen LogP contribution in [0.2, 0.25) is 5.02 Å². The van der Waals surface area contributed by atoms with Gasteiger partial charge in [0.25, 0.3) is 0 Å². The number of benzene rings is 1. The van der Waals surface area contributed by atoms with E-state index in [4.69, 9.17) is 11.6 Å². The molecular formula is C15H11ClN2O2. The van der Waals surface area contributed by atoms with Gasteiger partial charge in [0.15, 0.2) is 5.69 Å². The highest BCUT2D eigenvalue weighted by molar-refractivity contribution is 6.30. The van der Waals surface area contributed by atoms with E-state index < -0.39 is 5.97 Å². The summed E-state index contributed by atoms with van der Waals surface area (Å²) in [5.41, 5.74) is 2.94. The summed E-state index contributed by atoms with van der Waals surface area (Å²) in [5.74, 6) is -1.02. The van der Waals surface area contributed by atoms with Crippen molar-refractivity contribution in [1.29, 1.82) is 0 Å². The highest BCUT2D eigenvalue weighted by Crippen LogP contribution is 2.26. The minimum atomic E-state index is -1.02.